The summed E-state index contributed by atoms with van der Waals surface area (Å²) < 4.78 is 21.9. The van der Waals surface area contributed by atoms with Gasteiger partial charge in [0.25, 0.3) is 5.56 Å². The van der Waals surface area contributed by atoms with Crippen LogP contribution >= 0.6 is 12.6 Å². The largest absolute Gasteiger partial charge is 0.458 e. The van der Waals surface area contributed by atoms with Gasteiger partial charge in [-0.3, -0.25) is 9.59 Å². The van der Waals surface area contributed by atoms with Gasteiger partial charge in [0.05, 0.1) is 35.1 Å². The van der Waals surface area contributed by atoms with E-state index in [1.165, 1.54) is 6.07 Å². The fraction of sp³-hybridized carbons (Fsp3) is 0.467. The average Bonchev–Trinajstić information content (AvgIpc) is 3.32. The predicted octanol–water partition coefficient (Wildman–Crippen LogP) is 4.07. The third-order valence-corrected chi connectivity index (χ3v) is 9.25. The molecule has 0 bridgehead atoms. The second kappa shape index (κ2) is 9.69. The van der Waals surface area contributed by atoms with Crippen LogP contribution in [-0.2, 0) is 39.5 Å². The van der Waals surface area contributed by atoms with Crippen LogP contribution in [0.4, 0.5) is 4.39 Å². The fourth-order valence-corrected chi connectivity index (χ4v) is 6.94. The first-order valence-corrected chi connectivity index (χ1v) is 14.5. The van der Waals surface area contributed by atoms with Crippen LogP contribution in [0.25, 0.3) is 22.3 Å². The number of thiol groups is 1. The molecule has 1 N–H and O–H groups in total. The molecular weight excluding hydrogens is 533 g/mol. The summed E-state index contributed by atoms with van der Waals surface area (Å²) in [4.78, 5) is 46.5. The van der Waals surface area contributed by atoms with E-state index < -0.39 is 11.6 Å². The summed E-state index contributed by atoms with van der Waals surface area (Å²) >= 11 is 4.27. The zero-order valence-electron chi connectivity index (χ0n) is 22.8. The number of nitrogens with zero attached hydrogens (tertiary/aromatic N) is 3. The number of halogens is 1. The molecule has 1 amide bonds. The van der Waals surface area contributed by atoms with Crippen LogP contribution in [0, 0.1) is 12.7 Å². The van der Waals surface area contributed by atoms with Crippen LogP contribution in [0.5, 0.6) is 0 Å². The van der Waals surface area contributed by atoms with Gasteiger partial charge in [0, 0.05) is 35.5 Å². The standard InChI is InChI=1S/C30H32FN3O5S/c1-4-30(38)19-11-23-27-17(13-34(23)28(36)18(19)14-39-29(30)37)26-22(33(5-2)24(35)7-6-10-40)9-8-16-15(3)20(31)12-21(32-27)25(16)26/h11-12,22,38,40H,4-10,13-14H2,1-3H3/t22-,30-/m0/s1. The molecule has 0 spiro atoms. The third kappa shape index (κ3) is 3.68. The summed E-state index contributed by atoms with van der Waals surface area (Å²) in [5, 5.41) is 12.1. The zero-order valence-corrected chi connectivity index (χ0v) is 23.7. The number of amides is 1. The van der Waals surface area contributed by atoms with Gasteiger partial charge >= 0.3 is 5.97 Å². The van der Waals surface area contributed by atoms with E-state index in [-0.39, 0.29) is 54.0 Å². The summed E-state index contributed by atoms with van der Waals surface area (Å²) in [6.45, 7) is 5.91. The summed E-state index contributed by atoms with van der Waals surface area (Å²) in [5.74, 6) is -0.481. The van der Waals surface area contributed by atoms with E-state index in [0.29, 0.717) is 60.4 Å². The van der Waals surface area contributed by atoms with E-state index in [1.54, 1.807) is 24.5 Å². The highest BCUT2D eigenvalue weighted by atomic mass is 32.1. The van der Waals surface area contributed by atoms with Crippen molar-refractivity contribution in [3.05, 3.63) is 61.7 Å². The van der Waals surface area contributed by atoms with E-state index in [9.17, 15) is 19.5 Å². The Balaban J connectivity index is 1.63. The van der Waals surface area contributed by atoms with Crippen LogP contribution in [0.3, 0.4) is 0 Å². The first-order chi connectivity index (χ1) is 19.2. The number of cyclic esters (lactones) is 1. The molecule has 40 heavy (non-hydrogen) atoms. The highest BCUT2D eigenvalue weighted by molar-refractivity contribution is 7.80. The minimum absolute atomic E-state index is 0.0364. The maximum absolute atomic E-state index is 15.1. The van der Waals surface area contributed by atoms with Crippen molar-refractivity contribution in [1.29, 1.82) is 0 Å². The molecule has 2 aromatic heterocycles. The van der Waals surface area contributed by atoms with Crippen molar-refractivity contribution in [2.24, 2.45) is 0 Å². The Morgan fingerprint density at radius 2 is 2.05 bits per heavy atom. The molecule has 0 unspecified atom stereocenters. The molecule has 2 aliphatic heterocycles. The Morgan fingerprint density at radius 3 is 2.75 bits per heavy atom. The van der Waals surface area contributed by atoms with Crippen LogP contribution in [0.1, 0.15) is 79.0 Å². The SMILES string of the molecule is CCN(C(=O)CCCS)[C@H]1CCc2c(C)c(F)cc3nc4c(c1c23)Cn1c-4cc2c(c1=O)COC(=O)[C@]2(O)CC. The molecule has 3 aliphatic rings. The highest BCUT2D eigenvalue weighted by Gasteiger charge is 2.46. The molecule has 1 aliphatic carbocycles. The number of aliphatic hydroxyl groups is 1. The number of esters is 1. The Kier molecular flexibility index (Phi) is 6.53. The molecule has 10 heteroatoms. The van der Waals surface area contributed by atoms with E-state index in [2.05, 4.69) is 12.6 Å². The topological polar surface area (TPSA) is 102 Å². The van der Waals surface area contributed by atoms with Gasteiger partial charge in [0.2, 0.25) is 5.91 Å². The Hall–Kier alpha value is -3.24. The molecule has 0 saturated carbocycles. The van der Waals surface area contributed by atoms with Gasteiger partial charge in [-0.2, -0.15) is 12.6 Å². The molecular formula is C30H32FN3O5S. The molecule has 210 valence electrons. The van der Waals surface area contributed by atoms with Gasteiger partial charge in [-0.25, -0.2) is 14.2 Å². The monoisotopic (exact) mass is 565 g/mol. The number of aryl methyl sites for hydroxylation is 1. The lowest BCUT2D eigenvalue weighted by Gasteiger charge is -2.37. The van der Waals surface area contributed by atoms with Crippen LogP contribution < -0.4 is 5.56 Å². The van der Waals surface area contributed by atoms with E-state index in [0.717, 1.165) is 22.1 Å². The minimum Gasteiger partial charge on any atom is -0.458 e. The Labute approximate surface area is 236 Å². The van der Waals surface area contributed by atoms with Gasteiger partial charge in [-0.05, 0) is 68.0 Å². The quantitative estimate of drug-likeness (QED) is 0.270. The van der Waals surface area contributed by atoms with E-state index >= 15 is 4.39 Å². The van der Waals surface area contributed by atoms with Crippen LogP contribution in [-0.4, -0.2) is 43.7 Å². The van der Waals surface area contributed by atoms with E-state index in [4.69, 9.17) is 9.72 Å². The van der Waals surface area contributed by atoms with Crippen LogP contribution in [0.15, 0.2) is 16.9 Å². The number of carbonyl (C=O) groups excluding carboxylic acids is 2. The molecule has 6 rings (SSSR count). The lowest BCUT2D eigenvalue weighted by molar-refractivity contribution is -0.172. The van der Waals surface area contributed by atoms with Crippen molar-refractivity contribution in [3.8, 4) is 11.4 Å². The molecule has 8 nitrogen and oxygen atoms in total. The molecule has 4 heterocycles. The van der Waals surface area contributed by atoms with Crippen molar-refractivity contribution in [2.45, 2.75) is 77.7 Å². The Morgan fingerprint density at radius 1 is 1.27 bits per heavy atom. The number of ether oxygens (including phenoxy) is 1. The first-order valence-electron chi connectivity index (χ1n) is 13.9. The number of carbonyl (C=O) groups is 2. The average molecular weight is 566 g/mol. The number of rotatable bonds is 6. The Bertz CT molecular complexity index is 1670. The van der Waals surface area contributed by atoms with Crippen molar-refractivity contribution < 1.29 is 23.8 Å². The second-order valence-corrected chi connectivity index (χ2v) is 11.3. The molecule has 1 aromatic carbocycles. The minimum atomic E-state index is -1.94. The normalized spacial score (nSPS) is 20.6. The van der Waals surface area contributed by atoms with Crippen LogP contribution in [0.2, 0.25) is 0 Å². The number of hydrogen-bond donors (Lipinski definition) is 2. The van der Waals surface area contributed by atoms with Gasteiger partial charge in [-0.15, -0.1) is 0 Å². The highest BCUT2D eigenvalue weighted by Crippen LogP contribution is 2.47. The molecule has 0 saturated heterocycles. The van der Waals surface area contributed by atoms with Gasteiger partial charge in [0.15, 0.2) is 5.60 Å². The second-order valence-electron chi connectivity index (χ2n) is 10.9. The maximum atomic E-state index is 15.1. The summed E-state index contributed by atoms with van der Waals surface area (Å²) in [6, 6.07) is 2.83. The van der Waals surface area contributed by atoms with Gasteiger partial charge in [0.1, 0.15) is 12.4 Å². The van der Waals surface area contributed by atoms with Crippen molar-refractivity contribution in [1.82, 2.24) is 14.5 Å². The summed E-state index contributed by atoms with van der Waals surface area (Å²) in [5.41, 5.74) is 2.82. The van der Waals surface area contributed by atoms with Gasteiger partial charge < -0.3 is 19.3 Å². The van der Waals surface area contributed by atoms with Crippen molar-refractivity contribution in [2.75, 3.05) is 12.3 Å². The summed E-state index contributed by atoms with van der Waals surface area (Å²) in [6.07, 6.45) is 2.33. The molecule has 2 atom stereocenters. The number of benzene rings is 1. The van der Waals surface area contributed by atoms with Gasteiger partial charge in [-0.1, -0.05) is 6.92 Å². The fourth-order valence-electron chi connectivity index (χ4n) is 6.79. The number of pyridine rings is 2. The first kappa shape index (κ1) is 27.0. The molecule has 0 fully saturated rings. The molecule has 3 aromatic rings. The predicted molar refractivity (Wildman–Crippen MR) is 151 cm³/mol. The van der Waals surface area contributed by atoms with E-state index in [1.807, 2.05) is 11.8 Å². The lowest BCUT2D eigenvalue weighted by Crippen LogP contribution is -2.44. The van der Waals surface area contributed by atoms with Crippen molar-refractivity contribution in [3.63, 3.8) is 0 Å². The lowest BCUT2D eigenvalue weighted by atomic mass is 9.81. The number of hydrogen-bond acceptors (Lipinski definition) is 7. The zero-order chi connectivity index (χ0) is 28.5. The number of fused-ring (bicyclic) bond motifs is 5. The third-order valence-electron chi connectivity index (χ3n) is 8.93. The maximum Gasteiger partial charge on any atom is 0.343 e. The number of aromatic nitrogens is 2. The smallest absolute Gasteiger partial charge is 0.343 e. The molecule has 0 radical (unpaired) electrons. The summed E-state index contributed by atoms with van der Waals surface area (Å²) in [7, 11) is 0. The van der Waals surface area contributed by atoms with Crippen molar-refractivity contribution >= 4 is 35.4 Å².